The van der Waals surface area contributed by atoms with Crippen molar-refractivity contribution in [1.29, 1.82) is 5.26 Å². The largest absolute Gasteiger partial charge is 0.476 e. The molecule has 16 heavy (non-hydrogen) atoms. The zero-order valence-corrected chi connectivity index (χ0v) is 9.56. The number of carbonyl (C=O) groups excluding carboxylic acids is 1. The normalized spacial score (nSPS) is 11.6. The SMILES string of the molecule is CCC(=O)c1ccc(OC(C#N)CC)cc1. The number of hydrogen-bond acceptors (Lipinski definition) is 3. The lowest BCUT2D eigenvalue weighted by atomic mass is 10.1. The number of rotatable bonds is 5. The summed E-state index contributed by atoms with van der Waals surface area (Å²) in [6, 6.07) is 8.96. The monoisotopic (exact) mass is 217 g/mol. The summed E-state index contributed by atoms with van der Waals surface area (Å²) in [6.45, 7) is 3.72. The van der Waals surface area contributed by atoms with Gasteiger partial charge in [0.15, 0.2) is 11.9 Å². The smallest absolute Gasteiger partial charge is 0.184 e. The molecule has 1 rings (SSSR count). The summed E-state index contributed by atoms with van der Waals surface area (Å²) in [5.41, 5.74) is 0.680. The van der Waals surface area contributed by atoms with E-state index in [9.17, 15) is 4.79 Å². The van der Waals surface area contributed by atoms with Crippen LogP contribution >= 0.6 is 0 Å². The van der Waals surface area contributed by atoms with Gasteiger partial charge in [-0.15, -0.1) is 0 Å². The van der Waals surface area contributed by atoms with Gasteiger partial charge in [0, 0.05) is 12.0 Å². The van der Waals surface area contributed by atoms with Gasteiger partial charge >= 0.3 is 0 Å². The molecule has 0 aliphatic rings. The summed E-state index contributed by atoms with van der Waals surface area (Å²) in [6.07, 6.45) is 0.718. The van der Waals surface area contributed by atoms with E-state index in [0.717, 1.165) is 0 Å². The third kappa shape index (κ3) is 3.09. The van der Waals surface area contributed by atoms with E-state index in [1.54, 1.807) is 24.3 Å². The molecule has 0 aliphatic carbocycles. The number of benzene rings is 1. The number of hydrogen-bond donors (Lipinski definition) is 0. The van der Waals surface area contributed by atoms with E-state index in [1.165, 1.54) is 0 Å². The zero-order chi connectivity index (χ0) is 12.0. The molecule has 1 atom stereocenters. The molecule has 0 fully saturated rings. The second-order valence-corrected chi connectivity index (χ2v) is 3.44. The highest BCUT2D eigenvalue weighted by Crippen LogP contribution is 2.15. The molecule has 3 heteroatoms. The van der Waals surface area contributed by atoms with E-state index in [4.69, 9.17) is 10.00 Å². The first-order valence-corrected chi connectivity index (χ1v) is 5.40. The predicted molar refractivity (Wildman–Crippen MR) is 61.4 cm³/mol. The molecular formula is C13H15NO2. The van der Waals surface area contributed by atoms with Crippen LogP contribution in [0.3, 0.4) is 0 Å². The Morgan fingerprint density at radius 3 is 2.44 bits per heavy atom. The second-order valence-electron chi connectivity index (χ2n) is 3.44. The van der Waals surface area contributed by atoms with Crippen LogP contribution in [-0.4, -0.2) is 11.9 Å². The molecule has 84 valence electrons. The Morgan fingerprint density at radius 2 is 2.00 bits per heavy atom. The maximum Gasteiger partial charge on any atom is 0.184 e. The quantitative estimate of drug-likeness (QED) is 0.712. The zero-order valence-electron chi connectivity index (χ0n) is 9.56. The van der Waals surface area contributed by atoms with Crippen molar-refractivity contribution in [1.82, 2.24) is 0 Å². The molecule has 1 aromatic carbocycles. The molecule has 1 unspecified atom stereocenters. The lowest BCUT2D eigenvalue weighted by Gasteiger charge is -2.10. The average molecular weight is 217 g/mol. The van der Waals surface area contributed by atoms with E-state index in [0.29, 0.717) is 24.2 Å². The first kappa shape index (κ1) is 12.3. The van der Waals surface area contributed by atoms with Crippen LogP contribution in [0.25, 0.3) is 0 Å². The fraction of sp³-hybridized carbons (Fsp3) is 0.385. The molecule has 0 aromatic heterocycles. The van der Waals surface area contributed by atoms with Gasteiger partial charge in [-0.2, -0.15) is 5.26 Å². The highest BCUT2D eigenvalue weighted by atomic mass is 16.5. The van der Waals surface area contributed by atoms with Gasteiger partial charge in [-0.05, 0) is 30.7 Å². The number of ether oxygens (including phenoxy) is 1. The lowest BCUT2D eigenvalue weighted by Crippen LogP contribution is -2.12. The maximum absolute atomic E-state index is 11.4. The molecule has 0 radical (unpaired) electrons. The Balaban J connectivity index is 2.72. The van der Waals surface area contributed by atoms with Gasteiger partial charge in [0.1, 0.15) is 11.8 Å². The molecule has 0 saturated carbocycles. The maximum atomic E-state index is 11.4. The van der Waals surface area contributed by atoms with E-state index < -0.39 is 6.10 Å². The standard InChI is InChI=1S/C13H15NO2/c1-3-11(9-14)16-12-7-5-10(6-8-12)13(15)4-2/h5-8,11H,3-4H2,1-2H3. The molecule has 0 saturated heterocycles. The number of ketones is 1. The molecule has 0 amide bonds. The summed E-state index contributed by atoms with van der Waals surface area (Å²) in [5, 5.41) is 8.74. The highest BCUT2D eigenvalue weighted by Gasteiger charge is 2.07. The third-order valence-corrected chi connectivity index (χ3v) is 2.29. The van der Waals surface area contributed by atoms with E-state index in [1.807, 2.05) is 13.8 Å². The van der Waals surface area contributed by atoms with E-state index in [-0.39, 0.29) is 5.78 Å². The van der Waals surface area contributed by atoms with Crippen molar-refractivity contribution in [2.45, 2.75) is 32.8 Å². The van der Waals surface area contributed by atoms with Crippen LogP contribution in [0.1, 0.15) is 37.0 Å². The minimum atomic E-state index is -0.423. The summed E-state index contributed by atoms with van der Waals surface area (Å²) in [7, 11) is 0. The Bertz CT molecular complexity index is 389. The Morgan fingerprint density at radius 1 is 1.38 bits per heavy atom. The topological polar surface area (TPSA) is 50.1 Å². The van der Waals surface area contributed by atoms with Gasteiger partial charge in [-0.25, -0.2) is 0 Å². The van der Waals surface area contributed by atoms with Crippen LogP contribution in [-0.2, 0) is 0 Å². The van der Waals surface area contributed by atoms with E-state index in [2.05, 4.69) is 6.07 Å². The number of carbonyl (C=O) groups is 1. The van der Waals surface area contributed by atoms with Crippen molar-refractivity contribution in [3.05, 3.63) is 29.8 Å². The number of nitriles is 1. The summed E-state index contributed by atoms with van der Waals surface area (Å²) >= 11 is 0. The molecular weight excluding hydrogens is 202 g/mol. The molecule has 0 N–H and O–H groups in total. The molecule has 0 aliphatic heterocycles. The second kappa shape index (κ2) is 5.92. The number of nitrogens with zero attached hydrogens (tertiary/aromatic N) is 1. The summed E-state index contributed by atoms with van der Waals surface area (Å²) in [4.78, 5) is 11.4. The van der Waals surface area contributed by atoms with Crippen molar-refractivity contribution in [2.75, 3.05) is 0 Å². The minimum Gasteiger partial charge on any atom is -0.476 e. The fourth-order valence-electron chi connectivity index (χ4n) is 1.29. The molecule has 0 spiro atoms. The van der Waals surface area contributed by atoms with Gasteiger partial charge in [0.2, 0.25) is 0 Å². The van der Waals surface area contributed by atoms with E-state index >= 15 is 0 Å². The summed E-state index contributed by atoms with van der Waals surface area (Å²) in [5.74, 6) is 0.736. The van der Waals surface area contributed by atoms with Crippen LogP contribution in [0.4, 0.5) is 0 Å². The van der Waals surface area contributed by atoms with Gasteiger partial charge < -0.3 is 4.74 Å². The molecule has 1 aromatic rings. The van der Waals surface area contributed by atoms with Crippen LogP contribution in [0, 0.1) is 11.3 Å². The van der Waals surface area contributed by atoms with Crippen molar-refractivity contribution in [3.8, 4) is 11.8 Å². The van der Waals surface area contributed by atoms with Crippen LogP contribution in [0.15, 0.2) is 24.3 Å². The summed E-state index contributed by atoms with van der Waals surface area (Å²) < 4.78 is 5.41. The van der Waals surface area contributed by atoms with Crippen LogP contribution in [0.5, 0.6) is 5.75 Å². The third-order valence-electron chi connectivity index (χ3n) is 2.29. The first-order valence-electron chi connectivity index (χ1n) is 5.40. The van der Waals surface area contributed by atoms with Crippen LogP contribution in [0.2, 0.25) is 0 Å². The molecule has 0 bridgehead atoms. The Labute approximate surface area is 95.7 Å². The first-order chi connectivity index (χ1) is 7.71. The van der Waals surface area contributed by atoms with Crippen molar-refractivity contribution in [2.24, 2.45) is 0 Å². The van der Waals surface area contributed by atoms with Crippen molar-refractivity contribution in [3.63, 3.8) is 0 Å². The molecule has 0 heterocycles. The van der Waals surface area contributed by atoms with Crippen LogP contribution < -0.4 is 4.74 Å². The predicted octanol–water partition coefficient (Wildman–Crippen LogP) is 2.96. The Hall–Kier alpha value is -1.82. The van der Waals surface area contributed by atoms with Gasteiger partial charge in [-0.1, -0.05) is 13.8 Å². The van der Waals surface area contributed by atoms with Gasteiger partial charge in [0.05, 0.1) is 0 Å². The minimum absolute atomic E-state index is 0.110. The van der Waals surface area contributed by atoms with Crippen molar-refractivity contribution < 1.29 is 9.53 Å². The van der Waals surface area contributed by atoms with Gasteiger partial charge in [-0.3, -0.25) is 4.79 Å². The Kier molecular flexibility index (Phi) is 4.53. The molecule has 3 nitrogen and oxygen atoms in total. The average Bonchev–Trinajstić information content (AvgIpc) is 2.35. The highest BCUT2D eigenvalue weighted by molar-refractivity contribution is 5.95. The lowest BCUT2D eigenvalue weighted by molar-refractivity contribution is 0.0988. The fourth-order valence-corrected chi connectivity index (χ4v) is 1.29. The van der Waals surface area contributed by atoms with Gasteiger partial charge in [0.25, 0.3) is 0 Å². The number of Topliss-reactive ketones (excluding diaryl/α,β-unsaturated/α-hetero) is 1. The van der Waals surface area contributed by atoms with Crippen molar-refractivity contribution >= 4 is 5.78 Å².